The zero-order valence-corrected chi connectivity index (χ0v) is 14.9. The Kier molecular flexibility index (Phi) is 6.79. The molecule has 0 saturated heterocycles. The van der Waals surface area contributed by atoms with E-state index in [-0.39, 0.29) is 12.1 Å². The lowest BCUT2D eigenvalue weighted by Crippen LogP contribution is -2.50. The van der Waals surface area contributed by atoms with Gasteiger partial charge in [-0.3, -0.25) is 9.78 Å². The molecule has 0 spiro atoms. The number of rotatable bonds is 7. The minimum Gasteiger partial charge on any atom is -0.394 e. The van der Waals surface area contributed by atoms with Crippen LogP contribution in [0, 0.1) is 12.7 Å². The maximum Gasteiger partial charge on any atom is 0.254 e. The molecule has 0 radical (unpaired) electrons. The highest BCUT2D eigenvalue weighted by Crippen LogP contribution is 2.21. The van der Waals surface area contributed by atoms with Gasteiger partial charge in [0, 0.05) is 24.7 Å². The van der Waals surface area contributed by atoms with Crippen LogP contribution in [-0.4, -0.2) is 85.9 Å². The van der Waals surface area contributed by atoms with Crippen LogP contribution in [-0.2, 0) is 0 Å². The van der Waals surface area contributed by atoms with Gasteiger partial charge in [0.1, 0.15) is 30.2 Å². The zero-order valence-electron chi connectivity index (χ0n) is 14.9. The minimum atomic E-state index is -1.79. The van der Waals surface area contributed by atoms with Crippen LogP contribution < -0.4 is 0 Å². The third-order valence-corrected chi connectivity index (χ3v) is 4.26. The van der Waals surface area contributed by atoms with Gasteiger partial charge < -0.3 is 30.4 Å². The number of hydrogen-bond acceptors (Lipinski definition) is 7. The summed E-state index contributed by atoms with van der Waals surface area (Å²) in [6.45, 7) is 0.520. The standard InChI is InChI=1S/C18H23FN2O6/c1-9-5-12(11-6-10(19)3-4-13(11)20-9)18(27)21(2)7-14(23)16(25)17(26)15(24)8-22/h3-6,14-17,22-26H,7-8H2,1-2H3. The normalized spacial score (nSPS) is 16.0. The van der Waals surface area contributed by atoms with Crippen molar-refractivity contribution in [1.82, 2.24) is 9.88 Å². The fourth-order valence-corrected chi connectivity index (χ4v) is 2.75. The molecule has 0 aliphatic carbocycles. The SMILES string of the molecule is Cc1cc(C(=O)N(C)CC(O)C(O)C(O)C(O)CO)c2cc(F)ccc2n1. The third-order valence-electron chi connectivity index (χ3n) is 4.26. The minimum absolute atomic E-state index is 0.178. The first-order valence-electron chi connectivity index (χ1n) is 8.31. The van der Waals surface area contributed by atoms with Crippen LogP contribution in [0.25, 0.3) is 10.9 Å². The molecule has 0 bridgehead atoms. The van der Waals surface area contributed by atoms with Gasteiger partial charge in [0.25, 0.3) is 5.91 Å². The monoisotopic (exact) mass is 382 g/mol. The number of amides is 1. The van der Waals surface area contributed by atoms with E-state index in [1.807, 2.05) is 0 Å². The summed E-state index contributed by atoms with van der Waals surface area (Å²) in [5.41, 5.74) is 1.17. The first kappa shape index (κ1) is 21.1. The van der Waals surface area contributed by atoms with E-state index in [4.69, 9.17) is 5.11 Å². The van der Waals surface area contributed by atoms with Crippen molar-refractivity contribution in [3.05, 3.63) is 41.3 Å². The van der Waals surface area contributed by atoms with Crippen LogP contribution in [0.15, 0.2) is 24.3 Å². The molecule has 0 fully saturated rings. The molecule has 1 heterocycles. The summed E-state index contributed by atoms with van der Waals surface area (Å²) in [5, 5.41) is 48.0. The van der Waals surface area contributed by atoms with Crippen molar-refractivity contribution in [1.29, 1.82) is 0 Å². The van der Waals surface area contributed by atoms with Crippen molar-refractivity contribution < 1.29 is 34.7 Å². The Morgan fingerprint density at radius 3 is 2.41 bits per heavy atom. The van der Waals surface area contributed by atoms with Crippen LogP contribution in [0.4, 0.5) is 4.39 Å². The van der Waals surface area contributed by atoms with E-state index in [0.717, 1.165) is 4.90 Å². The number of aromatic nitrogens is 1. The molecule has 9 heteroatoms. The maximum absolute atomic E-state index is 13.6. The molecule has 0 saturated carbocycles. The van der Waals surface area contributed by atoms with Gasteiger partial charge in [0.05, 0.1) is 17.7 Å². The molecule has 2 rings (SSSR count). The van der Waals surface area contributed by atoms with Crippen molar-refractivity contribution in [3.63, 3.8) is 0 Å². The van der Waals surface area contributed by atoms with Crippen molar-refractivity contribution in [2.45, 2.75) is 31.3 Å². The number of aliphatic hydroxyl groups excluding tert-OH is 5. The molecule has 1 aromatic heterocycles. The smallest absolute Gasteiger partial charge is 0.254 e. The number of aryl methyl sites for hydroxylation is 1. The number of hydrogen-bond donors (Lipinski definition) is 5. The fraction of sp³-hybridized carbons (Fsp3) is 0.444. The molecule has 0 aliphatic heterocycles. The van der Waals surface area contributed by atoms with Gasteiger partial charge in [-0.2, -0.15) is 0 Å². The Balaban J connectivity index is 2.22. The molecule has 1 amide bonds. The van der Waals surface area contributed by atoms with Gasteiger partial charge in [-0.25, -0.2) is 4.39 Å². The summed E-state index contributed by atoms with van der Waals surface area (Å²) < 4.78 is 13.6. The van der Waals surface area contributed by atoms with E-state index in [2.05, 4.69) is 4.98 Å². The molecule has 0 aliphatic rings. The van der Waals surface area contributed by atoms with E-state index in [1.165, 1.54) is 31.3 Å². The Hall–Kier alpha value is -2.17. The Bertz CT molecular complexity index is 818. The van der Waals surface area contributed by atoms with Gasteiger partial charge >= 0.3 is 0 Å². The molecular formula is C18H23FN2O6. The fourth-order valence-electron chi connectivity index (χ4n) is 2.75. The van der Waals surface area contributed by atoms with Gasteiger partial charge in [0.2, 0.25) is 0 Å². The molecular weight excluding hydrogens is 359 g/mol. The number of likely N-dealkylation sites (N-methyl/N-ethyl adjacent to an activating group) is 1. The summed E-state index contributed by atoms with van der Waals surface area (Å²) in [6.07, 6.45) is -6.78. The highest BCUT2D eigenvalue weighted by Gasteiger charge is 2.31. The molecule has 8 nitrogen and oxygen atoms in total. The van der Waals surface area contributed by atoms with E-state index in [0.29, 0.717) is 16.6 Å². The highest BCUT2D eigenvalue weighted by atomic mass is 19.1. The van der Waals surface area contributed by atoms with Crippen LogP contribution in [0.1, 0.15) is 16.1 Å². The van der Waals surface area contributed by atoms with E-state index in [1.54, 1.807) is 6.92 Å². The molecule has 27 heavy (non-hydrogen) atoms. The number of halogens is 1. The summed E-state index contributed by atoms with van der Waals surface area (Å²) in [5.74, 6) is -1.07. The maximum atomic E-state index is 13.6. The Labute approximate surface area is 155 Å². The van der Waals surface area contributed by atoms with Crippen LogP contribution in [0.3, 0.4) is 0 Å². The average Bonchev–Trinajstić information content (AvgIpc) is 2.64. The third kappa shape index (κ3) is 4.76. The number of nitrogens with zero attached hydrogens (tertiary/aromatic N) is 2. The lowest BCUT2D eigenvalue weighted by Gasteiger charge is -2.28. The molecule has 5 N–H and O–H groups in total. The van der Waals surface area contributed by atoms with E-state index in [9.17, 15) is 29.6 Å². The number of carbonyl (C=O) groups excluding carboxylic acids is 1. The molecule has 148 valence electrons. The summed E-state index contributed by atoms with van der Waals surface area (Å²) in [7, 11) is 1.37. The first-order valence-corrected chi connectivity index (χ1v) is 8.31. The van der Waals surface area contributed by atoms with Gasteiger partial charge in [0.15, 0.2) is 0 Å². The first-order chi connectivity index (χ1) is 12.6. The number of benzene rings is 1. The second-order valence-corrected chi connectivity index (χ2v) is 6.46. The number of fused-ring (bicyclic) bond motifs is 1. The van der Waals surface area contributed by atoms with Crippen molar-refractivity contribution in [2.24, 2.45) is 0 Å². The van der Waals surface area contributed by atoms with Crippen molar-refractivity contribution in [3.8, 4) is 0 Å². The molecule has 4 unspecified atom stereocenters. The van der Waals surface area contributed by atoms with Gasteiger partial charge in [-0.15, -0.1) is 0 Å². The van der Waals surface area contributed by atoms with E-state index < -0.39 is 42.7 Å². The predicted octanol–water partition coefficient (Wildman–Crippen LogP) is -0.810. The molecule has 1 aromatic carbocycles. The molecule has 2 aromatic rings. The lowest BCUT2D eigenvalue weighted by molar-refractivity contribution is -0.117. The van der Waals surface area contributed by atoms with Gasteiger partial charge in [-0.1, -0.05) is 0 Å². The Morgan fingerprint density at radius 1 is 1.15 bits per heavy atom. The highest BCUT2D eigenvalue weighted by molar-refractivity contribution is 6.06. The second kappa shape index (κ2) is 8.68. The topological polar surface area (TPSA) is 134 Å². The van der Waals surface area contributed by atoms with E-state index >= 15 is 0 Å². The number of carbonyl (C=O) groups is 1. The lowest BCUT2D eigenvalue weighted by atomic mass is 10.0. The Morgan fingerprint density at radius 2 is 1.78 bits per heavy atom. The van der Waals surface area contributed by atoms with Crippen LogP contribution >= 0.6 is 0 Å². The van der Waals surface area contributed by atoms with Crippen molar-refractivity contribution >= 4 is 16.8 Å². The number of pyridine rings is 1. The number of aliphatic hydroxyl groups is 5. The predicted molar refractivity (Wildman–Crippen MR) is 94.5 cm³/mol. The van der Waals surface area contributed by atoms with Crippen LogP contribution in [0.5, 0.6) is 0 Å². The van der Waals surface area contributed by atoms with Crippen molar-refractivity contribution in [2.75, 3.05) is 20.2 Å². The second-order valence-electron chi connectivity index (χ2n) is 6.46. The zero-order chi connectivity index (χ0) is 20.3. The summed E-state index contributed by atoms with van der Waals surface area (Å²) in [4.78, 5) is 18.1. The quantitative estimate of drug-likeness (QED) is 0.423. The van der Waals surface area contributed by atoms with Crippen LogP contribution in [0.2, 0.25) is 0 Å². The summed E-state index contributed by atoms with van der Waals surface area (Å²) >= 11 is 0. The average molecular weight is 382 g/mol. The molecule has 4 atom stereocenters. The largest absolute Gasteiger partial charge is 0.394 e. The van der Waals surface area contributed by atoms with Gasteiger partial charge in [-0.05, 0) is 31.2 Å². The summed E-state index contributed by atoms with van der Waals surface area (Å²) in [6, 6.07) is 5.38.